The summed E-state index contributed by atoms with van der Waals surface area (Å²) in [5, 5.41) is 6.72. The number of rotatable bonds is 8. The van der Waals surface area contributed by atoms with E-state index in [0.29, 0.717) is 0 Å². The maximum Gasteiger partial charge on any atom is 2.00 e. The Morgan fingerprint density at radius 3 is 1.67 bits per heavy atom. The van der Waals surface area contributed by atoms with Crippen LogP contribution in [0.15, 0.2) is 77.5 Å². The molecule has 2 aromatic carbocycles. The van der Waals surface area contributed by atoms with Crippen molar-refractivity contribution in [2.45, 2.75) is 84.0 Å². The van der Waals surface area contributed by atoms with Gasteiger partial charge in [0, 0.05) is 32.4 Å². The Morgan fingerprint density at radius 1 is 0.587 bits per heavy atom. The molecule has 240 valence electrons. The molecule has 2 nitrogen and oxygen atoms in total. The van der Waals surface area contributed by atoms with Gasteiger partial charge in [-0.3, -0.25) is 22.7 Å². The van der Waals surface area contributed by atoms with Gasteiger partial charge in [-0.2, -0.15) is 5.56 Å². The van der Waals surface area contributed by atoms with Gasteiger partial charge in [0.15, 0.2) is 0 Å². The molecule has 4 heterocycles. The molecule has 0 aliphatic rings. The zero-order valence-electron chi connectivity index (χ0n) is 27.8. The molecule has 0 aliphatic heterocycles. The minimum atomic E-state index is -0.353. The fourth-order valence-electron chi connectivity index (χ4n) is 5.29. The molecule has 0 aliphatic carbocycles. The first-order valence-electron chi connectivity index (χ1n) is 15.3. The van der Waals surface area contributed by atoms with Crippen molar-refractivity contribution in [1.29, 1.82) is 0 Å². The summed E-state index contributed by atoms with van der Waals surface area (Å²) in [5.74, 6) is 0. The van der Waals surface area contributed by atoms with Crippen LogP contribution in [0.25, 0.3) is 20.9 Å². The van der Waals surface area contributed by atoms with Gasteiger partial charge in [-0.1, -0.05) is 144 Å². The van der Waals surface area contributed by atoms with Crippen LogP contribution >= 0.6 is 45.3 Å². The Kier molecular flexibility index (Phi) is 9.93. The van der Waals surface area contributed by atoms with Gasteiger partial charge >= 0.3 is 21.1 Å². The second-order valence-corrected chi connectivity index (χ2v) is 18.1. The monoisotopic (exact) mass is 859 g/mol. The van der Waals surface area contributed by atoms with Crippen molar-refractivity contribution >= 4 is 45.3 Å². The average molecular weight is 860 g/mol. The summed E-state index contributed by atoms with van der Waals surface area (Å²) in [6.07, 6.45) is 0. The van der Waals surface area contributed by atoms with Crippen LogP contribution in [0.2, 0.25) is 0 Å². The molecule has 0 bridgehead atoms. The zero-order valence-corrected chi connectivity index (χ0v) is 33.4. The molecule has 6 rings (SSSR count). The van der Waals surface area contributed by atoms with Crippen LogP contribution in [0.5, 0.6) is 0 Å². The summed E-state index contributed by atoms with van der Waals surface area (Å²) in [6, 6.07) is 31.0. The number of hydrogen-bond donors (Lipinski definition) is 0. The molecule has 0 saturated carbocycles. The molecule has 0 saturated heterocycles. The molecule has 7 heteroatoms. The third-order valence-corrected chi connectivity index (χ3v) is 13.8. The van der Waals surface area contributed by atoms with Crippen LogP contribution in [0.3, 0.4) is 0 Å². The third kappa shape index (κ3) is 6.58. The predicted molar refractivity (Wildman–Crippen MR) is 196 cm³/mol. The standard InChI is InChI=1S/C39H40N2S4.Pt/c1-36(2,3)29-23-42-35(40-29)39(8,9)32-22-27(33(45-32)26-18-14-11-15-19-26)37(4,5)30-24-43-34(41-30)38(6,7)31-21-20-28(44-31)25-16-12-10-13-17-25;/h10-20,23-24H,1-9H3;/q-2;+2. The summed E-state index contributed by atoms with van der Waals surface area (Å²) in [6.45, 7) is 20.4. The largest absolute Gasteiger partial charge is 2.00 e. The van der Waals surface area contributed by atoms with E-state index in [4.69, 9.17) is 9.97 Å². The van der Waals surface area contributed by atoms with E-state index < -0.39 is 0 Å². The van der Waals surface area contributed by atoms with Gasteiger partial charge in [0.1, 0.15) is 10.0 Å². The van der Waals surface area contributed by atoms with Crippen molar-refractivity contribution in [2.75, 3.05) is 0 Å². The summed E-state index contributed by atoms with van der Waals surface area (Å²) >= 11 is 7.17. The molecular formula is C39H40N2PtS4. The number of hydrogen-bond acceptors (Lipinski definition) is 6. The first-order chi connectivity index (χ1) is 21.2. The molecule has 0 N–H and O–H groups in total. The minimum absolute atomic E-state index is 0. The van der Waals surface area contributed by atoms with Crippen LogP contribution in [-0.2, 0) is 42.7 Å². The quantitative estimate of drug-likeness (QED) is 0.143. The summed E-state index contributed by atoms with van der Waals surface area (Å²) in [7, 11) is 0. The van der Waals surface area contributed by atoms with Crippen molar-refractivity contribution in [3.8, 4) is 20.9 Å². The van der Waals surface area contributed by atoms with Crippen molar-refractivity contribution in [3.05, 3.63) is 126 Å². The molecule has 0 atom stereocenters. The Labute approximate surface area is 305 Å². The zero-order chi connectivity index (χ0) is 32.2. The normalized spacial score (nSPS) is 12.7. The van der Waals surface area contributed by atoms with Gasteiger partial charge in [-0.05, 0) is 0 Å². The van der Waals surface area contributed by atoms with Gasteiger partial charge in [-0.15, -0.1) is 32.4 Å². The van der Waals surface area contributed by atoms with Crippen LogP contribution in [0.4, 0.5) is 0 Å². The Hall–Kier alpha value is -2.21. The molecule has 0 fully saturated rings. The Morgan fingerprint density at radius 2 is 1.11 bits per heavy atom. The number of thiazole rings is 2. The van der Waals surface area contributed by atoms with E-state index in [9.17, 15) is 0 Å². The summed E-state index contributed by atoms with van der Waals surface area (Å²) in [4.78, 5) is 15.4. The number of nitrogens with zero attached hydrogens (tertiary/aromatic N) is 2. The number of benzene rings is 2. The molecule has 46 heavy (non-hydrogen) atoms. The molecule has 0 amide bonds. The Balaban J connectivity index is 0.00000417. The second-order valence-electron chi connectivity index (χ2n) is 14.3. The first kappa shape index (κ1) is 35.1. The van der Waals surface area contributed by atoms with E-state index in [1.807, 2.05) is 22.7 Å². The van der Waals surface area contributed by atoms with E-state index in [0.717, 1.165) is 21.4 Å². The van der Waals surface area contributed by atoms with Crippen LogP contribution in [0.1, 0.15) is 99.0 Å². The fraction of sp³-hybridized carbons (Fsp3) is 0.333. The van der Waals surface area contributed by atoms with Gasteiger partial charge < -0.3 is 0 Å². The smallest absolute Gasteiger partial charge is 0.261 e. The molecule has 4 aromatic heterocycles. The summed E-state index contributed by atoms with van der Waals surface area (Å²) in [5.41, 5.74) is 5.02. The summed E-state index contributed by atoms with van der Waals surface area (Å²) < 4.78 is 0. The SMILES string of the molecule is CC(C)(C)c1csc(C(C)(C)c2[c-]c(C(C)(C)c3csc(C(C)(C)c4[c-]cc(-c5ccccc5)s4)n3)c(-c3ccccc3)s2)n1.[Pt+2]. The van der Waals surface area contributed by atoms with E-state index >= 15 is 0 Å². The molecule has 0 spiro atoms. The average Bonchev–Trinajstić information content (AvgIpc) is 3.83. The van der Waals surface area contributed by atoms with Crippen molar-refractivity contribution < 1.29 is 21.1 Å². The minimum Gasteiger partial charge on any atom is -0.261 e. The molecule has 6 aromatic rings. The topological polar surface area (TPSA) is 25.8 Å². The maximum absolute atomic E-state index is 5.36. The maximum atomic E-state index is 5.36. The number of aromatic nitrogens is 2. The van der Waals surface area contributed by atoms with E-state index in [1.54, 1.807) is 22.7 Å². The number of thiophene rings is 2. The van der Waals surface area contributed by atoms with Crippen LogP contribution in [0, 0.1) is 12.1 Å². The second kappa shape index (κ2) is 13.0. The van der Waals surface area contributed by atoms with Gasteiger partial charge in [0.25, 0.3) is 0 Å². The van der Waals surface area contributed by atoms with Crippen molar-refractivity contribution in [3.63, 3.8) is 0 Å². The van der Waals surface area contributed by atoms with Gasteiger partial charge in [0.05, 0.1) is 11.4 Å². The third-order valence-electron chi connectivity index (χ3n) is 8.56. The van der Waals surface area contributed by atoms with E-state index in [-0.39, 0.29) is 42.7 Å². The predicted octanol–water partition coefficient (Wildman–Crippen LogP) is 11.9. The molecule has 0 unspecified atom stereocenters. The first-order valence-corrected chi connectivity index (χ1v) is 18.7. The van der Waals surface area contributed by atoms with Crippen LogP contribution < -0.4 is 0 Å². The fourth-order valence-corrected chi connectivity index (χ4v) is 10.2. The molecular weight excluding hydrogens is 820 g/mol. The van der Waals surface area contributed by atoms with Crippen molar-refractivity contribution in [2.24, 2.45) is 0 Å². The van der Waals surface area contributed by atoms with E-state index in [1.165, 1.54) is 36.2 Å². The van der Waals surface area contributed by atoms with Gasteiger partial charge in [-0.25, -0.2) is 28.2 Å². The van der Waals surface area contributed by atoms with Crippen molar-refractivity contribution in [1.82, 2.24) is 9.97 Å². The molecule has 0 radical (unpaired) electrons. The van der Waals surface area contributed by atoms with Crippen LogP contribution in [-0.4, -0.2) is 9.97 Å². The van der Waals surface area contributed by atoms with E-state index in [2.05, 4.69) is 152 Å². The van der Waals surface area contributed by atoms with Gasteiger partial charge in [0.2, 0.25) is 0 Å². The Bertz CT molecular complexity index is 1910.